The number of aliphatic hydroxyl groups is 1. The van der Waals surface area contributed by atoms with Crippen LogP contribution in [0.15, 0.2) is 12.2 Å². The summed E-state index contributed by atoms with van der Waals surface area (Å²) in [5, 5.41) is 9.70. The molecule has 0 amide bonds. The molecule has 1 heteroatoms. The summed E-state index contributed by atoms with van der Waals surface area (Å²) < 4.78 is 0. The van der Waals surface area contributed by atoms with E-state index in [4.69, 9.17) is 0 Å². The fraction of sp³-hybridized carbons (Fsp3) is 0.818. The third-order valence-corrected chi connectivity index (χ3v) is 3.41. The Kier molecular flexibility index (Phi) is 1.63. The van der Waals surface area contributed by atoms with Gasteiger partial charge in [-0.3, -0.25) is 0 Å². The van der Waals surface area contributed by atoms with E-state index in [9.17, 15) is 5.11 Å². The van der Waals surface area contributed by atoms with Crippen molar-refractivity contribution in [3.63, 3.8) is 0 Å². The highest BCUT2D eigenvalue weighted by Gasteiger charge is 2.48. The van der Waals surface area contributed by atoms with Crippen LogP contribution >= 0.6 is 0 Å². The van der Waals surface area contributed by atoms with Gasteiger partial charge in [-0.15, -0.1) is 0 Å². The standard InChI is InChI=1S/C11H18O/c1-11(2,3)10-7-4-5-8(10)9(12)6-7/h4-5,7-10,12H,6H2,1-3H3/t7-,8+,9-,10-/m1/s1. The number of fused-ring (bicyclic) bond motifs is 2. The van der Waals surface area contributed by atoms with Gasteiger partial charge < -0.3 is 5.11 Å². The molecule has 12 heavy (non-hydrogen) atoms. The fourth-order valence-electron chi connectivity index (χ4n) is 3.04. The Bertz CT molecular complexity index is 212. The third-order valence-electron chi connectivity index (χ3n) is 3.41. The minimum absolute atomic E-state index is 0.0655. The molecule has 68 valence electrons. The highest BCUT2D eigenvalue weighted by molar-refractivity contribution is 5.17. The first-order valence-electron chi connectivity index (χ1n) is 4.86. The molecule has 1 nitrogen and oxygen atoms in total. The Morgan fingerprint density at radius 3 is 2.17 bits per heavy atom. The van der Waals surface area contributed by atoms with E-state index in [0.717, 1.165) is 6.42 Å². The molecule has 0 unspecified atom stereocenters. The second-order valence-electron chi connectivity index (χ2n) is 5.32. The van der Waals surface area contributed by atoms with E-state index >= 15 is 0 Å². The first kappa shape index (κ1) is 8.31. The van der Waals surface area contributed by atoms with Crippen LogP contribution in [0.4, 0.5) is 0 Å². The molecule has 1 fully saturated rings. The molecule has 0 aromatic carbocycles. The number of aliphatic hydroxyl groups excluding tert-OH is 1. The first-order chi connectivity index (χ1) is 5.50. The van der Waals surface area contributed by atoms with Crippen LogP contribution in [-0.4, -0.2) is 11.2 Å². The molecule has 0 heterocycles. The highest BCUT2D eigenvalue weighted by Crippen LogP contribution is 2.52. The van der Waals surface area contributed by atoms with Gasteiger partial charge in [-0.25, -0.2) is 0 Å². The summed E-state index contributed by atoms with van der Waals surface area (Å²) in [6, 6.07) is 0. The van der Waals surface area contributed by atoms with E-state index in [1.165, 1.54) is 0 Å². The highest BCUT2D eigenvalue weighted by atomic mass is 16.3. The molecule has 2 aliphatic carbocycles. The van der Waals surface area contributed by atoms with Crippen molar-refractivity contribution < 1.29 is 5.11 Å². The van der Waals surface area contributed by atoms with E-state index in [0.29, 0.717) is 23.2 Å². The molecule has 0 radical (unpaired) electrons. The van der Waals surface area contributed by atoms with Gasteiger partial charge >= 0.3 is 0 Å². The SMILES string of the molecule is CC(C)(C)[C@H]1[C@H]2C=C[C@@H]1C[C@H]2O. The predicted molar refractivity (Wildman–Crippen MR) is 49.7 cm³/mol. The van der Waals surface area contributed by atoms with Crippen LogP contribution in [0.2, 0.25) is 0 Å². The van der Waals surface area contributed by atoms with E-state index in [1.54, 1.807) is 0 Å². The number of hydrogen-bond donors (Lipinski definition) is 1. The summed E-state index contributed by atoms with van der Waals surface area (Å²) >= 11 is 0. The monoisotopic (exact) mass is 166 g/mol. The quantitative estimate of drug-likeness (QED) is 0.547. The van der Waals surface area contributed by atoms with Crippen LogP contribution in [-0.2, 0) is 0 Å². The molecule has 0 aromatic rings. The Hall–Kier alpha value is -0.300. The lowest BCUT2D eigenvalue weighted by molar-refractivity contribution is 0.114. The minimum Gasteiger partial charge on any atom is -0.392 e. The average Bonchev–Trinajstić information content (AvgIpc) is 2.39. The third kappa shape index (κ3) is 1.03. The van der Waals surface area contributed by atoms with Gasteiger partial charge in [0.05, 0.1) is 6.10 Å². The zero-order valence-corrected chi connectivity index (χ0v) is 8.12. The first-order valence-corrected chi connectivity index (χ1v) is 4.86. The maximum atomic E-state index is 9.70. The van der Waals surface area contributed by atoms with Crippen LogP contribution in [0.5, 0.6) is 0 Å². The smallest absolute Gasteiger partial charge is 0.0611 e. The van der Waals surface area contributed by atoms with Crippen LogP contribution in [0, 0.1) is 23.2 Å². The molecular formula is C11H18O. The van der Waals surface area contributed by atoms with E-state index in [1.807, 2.05) is 0 Å². The summed E-state index contributed by atoms with van der Waals surface area (Å²) in [6.07, 6.45) is 5.44. The molecule has 2 aliphatic rings. The zero-order valence-electron chi connectivity index (χ0n) is 8.12. The number of rotatable bonds is 0. The Labute approximate surface area is 74.5 Å². The van der Waals surface area contributed by atoms with E-state index in [-0.39, 0.29) is 6.10 Å². The maximum Gasteiger partial charge on any atom is 0.0611 e. The predicted octanol–water partition coefficient (Wildman–Crippen LogP) is 2.22. The van der Waals surface area contributed by atoms with Gasteiger partial charge in [-0.05, 0) is 23.7 Å². The van der Waals surface area contributed by atoms with Crippen LogP contribution in [0.3, 0.4) is 0 Å². The van der Waals surface area contributed by atoms with Gasteiger partial charge in [-0.2, -0.15) is 0 Å². The van der Waals surface area contributed by atoms with E-state index < -0.39 is 0 Å². The topological polar surface area (TPSA) is 20.2 Å². The van der Waals surface area contributed by atoms with Gasteiger partial charge in [0.25, 0.3) is 0 Å². The van der Waals surface area contributed by atoms with Crippen molar-refractivity contribution in [1.29, 1.82) is 0 Å². The zero-order chi connectivity index (χ0) is 8.93. The van der Waals surface area contributed by atoms with Crippen molar-refractivity contribution in [2.75, 3.05) is 0 Å². The molecule has 2 bridgehead atoms. The van der Waals surface area contributed by atoms with Crippen LogP contribution < -0.4 is 0 Å². The molecule has 4 atom stereocenters. The molecule has 2 rings (SSSR count). The summed E-state index contributed by atoms with van der Waals surface area (Å²) in [7, 11) is 0. The van der Waals surface area contributed by atoms with Crippen molar-refractivity contribution in [1.82, 2.24) is 0 Å². The molecule has 0 spiro atoms. The number of allylic oxidation sites excluding steroid dienone is 1. The van der Waals surface area contributed by atoms with Gasteiger partial charge in [0.2, 0.25) is 0 Å². The van der Waals surface area contributed by atoms with Gasteiger partial charge in [0, 0.05) is 5.92 Å². The van der Waals surface area contributed by atoms with Crippen LogP contribution in [0.1, 0.15) is 27.2 Å². The lowest BCUT2D eigenvalue weighted by Gasteiger charge is -2.31. The maximum absolute atomic E-state index is 9.70. The fourth-order valence-corrected chi connectivity index (χ4v) is 3.04. The Balaban J connectivity index is 2.23. The molecule has 1 N–H and O–H groups in total. The Morgan fingerprint density at radius 1 is 1.25 bits per heavy atom. The summed E-state index contributed by atoms with van der Waals surface area (Å²) in [5.74, 6) is 1.76. The molecule has 0 saturated heterocycles. The average molecular weight is 166 g/mol. The minimum atomic E-state index is -0.0655. The van der Waals surface area contributed by atoms with Gasteiger partial charge in [0.15, 0.2) is 0 Å². The molecule has 1 saturated carbocycles. The summed E-state index contributed by atoms with van der Waals surface area (Å²) in [6.45, 7) is 6.84. The van der Waals surface area contributed by atoms with Gasteiger partial charge in [-0.1, -0.05) is 32.9 Å². The molecular weight excluding hydrogens is 148 g/mol. The molecule has 0 aromatic heterocycles. The summed E-state index contributed by atoms with van der Waals surface area (Å²) in [5.41, 5.74) is 0.344. The van der Waals surface area contributed by atoms with Crippen molar-refractivity contribution in [2.24, 2.45) is 23.2 Å². The second-order valence-corrected chi connectivity index (χ2v) is 5.32. The molecule has 0 aliphatic heterocycles. The van der Waals surface area contributed by atoms with Crippen molar-refractivity contribution in [3.8, 4) is 0 Å². The van der Waals surface area contributed by atoms with Crippen molar-refractivity contribution in [3.05, 3.63) is 12.2 Å². The lowest BCUT2D eigenvalue weighted by atomic mass is 9.74. The largest absolute Gasteiger partial charge is 0.392 e. The normalized spacial score (nSPS) is 45.7. The van der Waals surface area contributed by atoms with Crippen molar-refractivity contribution in [2.45, 2.75) is 33.3 Å². The summed E-state index contributed by atoms with van der Waals surface area (Å²) in [4.78, 5) is 0. The van der Waals surface area contributed by atoms with Crippen molar-refractivity contribution >= 4 is 0 Å². The lowest BCUT2D eigenvalue weighted by Crippen LogP contribution is -2.27. The van der Waals surface area contributed by atoms with Gasteiger partial charge in [0.1, 0.15) is 0 Å². The second kappa shape index (κ2) is 2.35. The van der Waals surface area contributed by atoms with Crippen LogP contribution in [0.25, 0.3) is 0 Å². The van der Waals surface area contributed by atoms with E-state index in [2.05, 4.69) is 32.9 Å². The number of hydrogen-bond acceptors (Lipinski definition) is 1. The Morgan fingerprint density at radius 2 is 1.92 bits per heavy atom.